The summed E-state index contributed by atoms with van der Waals surface area (Å²) < 4.78 is 5.33. The third-order valence-corrected chi connectivity index (χ3v) is 2.48. The molecule has 0 aliphatic carbocycles. The van der Waals surface area contributed by atoms with Gasteiger partial charge < -0.3 is 4.74 Å². The van der Waals surface area contributed by atoms with E-state index in [1.807, 2.05) is 32.9 Å². The van der Waals surface area contributed by atoms with E-state index < -0.39 is 11.7 Å². The Morgan fingerprint density at radius 2 is 2.28 bits per heavy atom. The molecule has 0 spiro atoms. The van der Waals surface area contributed by atoms with E-state index in [9.17, 15) is 4.79 Å². The quantitative estimate of drug-likeness (QED) is 0.766. The minimum Gasteiger partial charge on any atom is -0.442 e. The highest BCUT2D eigenvalue weighted by Crippen LogP contribution is 2.28. The van der Waals surface area contributed by atoms with Crippen LogP contribution in [0.15, 0.2) is 29.6 Å². The van der Waals surface area contributed by atoms with Crippen molar-refractivity contribution >= 4 is 12.3 Å². The van der Waals surface area contributed by atoms with E-state index in [0.717, 1.165) is 5.56 Å². The topological polar surface area (TPSA) is 54.8 Å². The Morgan fingerprint density at radius 3 is 2.89 bits per heavy atom. The number of aromatic nitrogens is 1. The second kappa shape index (κ2) is 4.76. The first kappa shape index (κ1) is 12.5. The van der Waals surface area contributed by atoms with Gasteiger partial charge in [-0.1, -0.05) is 6.07 Å². The molecule has 5 heteroatoms. The van der Waals surface area contributed by atoms with Crippen LogP contribution < -0.4 is 0 Å². The standard InChI is InChI=1S/C13H17N3O2/c1-13(2,3)18-12(17)16-11(6-8-15-16)10-5-4-7-14-9-10/h4-5,7-9,11H,6H2,1-3H3/t11-/m0/s1. The maximum absolute atomic E-state index is 12.0. The summed E-state index contributed by atoms with van der Waals surface area (Å²) in [4.78, 5) is 16.1. The van der Waals surface area contributed by atoms with Gasteiger partial charge in [-0.05, 0) is 32.4 Å². The smallest absolute Gasteiger partial charge is 0.431 e. The Morgan fingerprint density at radius 1 is 1.50 bits per heavy atom. The second-order valence-corrected chi connectivity index (χ2v) is 5.16. The molecule has 1 amide bonds. The monoisotopic (exact) mass is 247 g/mol. The average Bonchev–Trinajstić information content (AvgIpc) is 2.76. The molecule has 1 aliphatic rings. The third kappa shape index (κ3) is 2.85. The van der Waals surface area contributed by atoms with E-state index in [1.165, 1.54) is 5.01 Å². The first-order chi connectivity index (χ1) is 8.47. The van der Waals surface area contributed by atoms with E-state index in [2.05, 4.69) is 10.1 Å². The van der Waals surface area contributed by atoms with E-state index in [4.69, 9.17) is 4.74 Å². The van der Waals surface area contributed by atoms with Gasteiger partial charge in [0.2, 0.25) is 0 Å². The lowest BCUT2D eigenvalue weighted by Crippen LogP contribution is -2.34. The van der Waals surface area contributed by atoms with Gasteiger partial charge in [-0.25, -0.2) is 4.79 Å². The van der Waals surface area contributed by atoms with Crippen LogP contribution in [0.2, 0.25) is 0 Å². The summed E-state index contributed by atoms with van der Waals surface area (Å²) in [6.45, 7) is 5.51. The third-order valence-electron chi connectivity index (χ3n) is 2.48. The highest BCUT2D eigenvalue weighted by molar-refractivity contribution is 5.74. The number of nitrogens with zero attached hydrogens (tertiary/aromatic N) is 3. The van der Waals surface area contributed by atoms with Crippen LogP contribution in [0.3, 0.4) is 0 Å². The first-order valence-electron chi connectivity index (χ1n) is 5.92. The summed E-state index contributed by atoms with van der Waals surface area (Å²) in [7, 11) is 0. The van der Waals surface area contributed by atoms with Gasteiger partial charge in [0, 0.05) is 25.0 Å². The molecule has 0 bridgehead atoms. The summed E-state index contributed by atoms with van der Waals surface area (Å²) in [5.41, 5.74) is 0.440. The summed E-state index contributed by atoms with van der Waals surface area (Å²) in [5, 5.41) is 5.46. The molecule has 1 atom stereocenters. The number of ether oxygens (including phenoxy) is 1. The average molecular weight is 247 g/mol. The molecule has 1 aliphatic heterocycles. The fourth-order valence-electron chi connectivity index (χ4n) is 1.75. The normalized spacial score (nSPS) is 19.1. The first-order valence-corrected chi connectivity index (χ1v) is 5.92. The van der Waals surface area contributed by atoms with Gasteiger partial charge in [-0.2, -0.15) is 10.1 Å². The zero-order valence-corrected chi connectivity index (χ0v) is 10.8. The minimum atomic E-state index is -0.519. The zero-order chi connectivity index (χ0) is 13.2. The van der Waals surface area contributed by atoms with Crippen molar-refractivity contribution in [3.8, 4) is 0 Å². The van der Waals surface area contributed by atoms with E-state index >= 15 is 0 Å². The zero-order valence-electron chi connectivity index (χ0n) is 10.8. The Labute approximate surface area is 106 Å². The Hall–Kier alpha value is -1.91. The Kier molecular flexibility index (Phi) is 3.32. The fourth-order valence-corrected chi connectivity index (χ4v) is 1.75. The highest BCUT2D eigenvalue weighted by atomic mass is 16.6. The van der Waals surface area contributed by atoms with Crippen LogP contribution in [0.4, 0.5) is 4.79 Å². The van der Waals surface area contributed by atoms with Crippen LogP contribution in [0.25, 0.3) is 0 Å². The van der Waals surface area contributed by atoms with Crippen LogP contribution in [0, 0.1) is 0 Å². The number of pyridine rings is 1. The highest BCUT2D eigenvalue weighted by Gasteiger charge is 2.31. The molecule has 18 heavy (non-hydrogen) atoms. The molecule has 1 aromatic heterocycles. The number of hydrogen-bond donors (Lipinski definition) is 0. The van der Waals surface area contributed by atoms with Gasteiger partial charge in [0.25, 0.3) is 0 Å². The number of carbonyl (C=O) groups is 1. The molecule has 96 valence electrons. The van der Waals surface area contributed by atoms with Crippen LogP contribution >= 0.6 is 0 Å². The van der Waals surface area contributed by atoms with Crippen molar-refractivity contribution in [2.24, 2.45) is 5.10 Å². The van der Waals surface area contributed by atoms with Gasteiger partial charge >= 0.3 is 6.09 Å². The minimum absolute atomic E-state index is 0.117. The Bertz CT molecular complexity index is 451. The molecule has 0 saturated heterocycles. The van der Waals surface area contributed by atoms with E-state index in [0.29, 0.717) is 6.42 Å². The molecule has 0 aromatic carbocycles. The number of amides is 1. The van der Waals surface area contributed by atoms with Crippen molar-refractivity contribution in [3.05, 3.63) is 30.1 Å². The largest absolute Gasteiger partial charge is 0.442 e. The van der Waals surface area contributed by atoms with Gasteiger partial charge in [-0.3, -0.25) is 4.98 Å². The molecule has 0 N–H and O–H groups in total. The summed E-state index contributed by atoms with van der Waals surface area (Å²) in [6, 6.07) is 3.67. The lowest BCUT2D eigenvalue weighted by molar-refractivity contribution is 0.0195. The van der Waals surface area contributed by atoms with Crippen molar-refractivity contribution in [2.75, 3.05) is 0 Å². The van der Waals surface area contributed by atoms with Crippen LogP contribution in [0.1, 0.15) is 38.8 Å². The molecule has 2 rings (SSSR count). The molecule has 0 radical (unpaired) electrons. The number of hydrogen-bond acceptors (Lipinski definition) is 4. The molecule has 2 heterocycles. The van der Waals surface area contributed by atoms with Crippen LogP contribution in [0.5, 0.6) is 0 Å². The van der Waals surface area contributed by atoms with Crippen LogP contribution in [-0.4, -0.2) is 27.9 Å². The number of carbonyl (C=O) groups excluding carboxylic acids is 1. The van der Waals surface area contributed by atoms with Gasteiger partial charge in [0.05, 0.1) is 6.04 Å². The van der Waals surface area contributed by atoms with Crippen molar-refractivity contribution in [3.63, 3.8) is 0 Å². The summed E-state index contributed by atoms with van der Waals surface area (Å²) in [6.07, 6.45) is 5.44. The van der Waals surface area contributed by atoms with Crippen molar-refractivity contribution < 1.29 is 9.53 Å². The molecule has 0 fully saturated rings. The number of rotatable bonds is 1. The summed E-state index contributed by atoms with van der Waals surface area (Å²) >= 11 is 0. The van der Waals surface area contributed by atoms with Crippen LogP contribution in [-0.2, 0) is 4.74 Å². The molecular weight excluding hydrogens is 230 g/mol. The maximum Gasteiger partial charge on any atom is 0.431 e. The predicted molar refractivity (Wildman–Crippen MR) is 68.2 cm³/mol. The Balaban J connectivity index is 2.13. The van der Waals surface area contributed by atoms with Gasteiger partial charge in [-0.15, -0.1) is 0 Å². The molecule has 0 unspecified atom stereocenters. The summed E-state index contributed by atoms with van der Waals surface area (Å²) in [5.74, 6) is 0. The van der Waals surface area contributed by atoms with E-state index in [1.54, 1.807) is 18.6 Å². The van der Waals surface area contributed by atoms with Gasteiger partial charge in [0.15, 0.2) is 0 Å². The molecule has 0 saturated carbocycles. The SMILES string of the molecule is CC(C)(C)OC(=O)N1N=CC[C@H]1c1cccnc1. The fraction of sp³-hybridized carbons (Fsp3) is 0.462. The molecule has 1 aromatic rings. The van der Waals surface area contributed by atoms with Crippen molar-refractivity contribution in [1.29, 1.82) is 0 Å². The molecule has 5 nitrogen and oxygen atoms in total. The van der Waals surface area contributed by atoms with Crippen molar-refractivity contribution in [1.82, 2.24) is 9.99 Å². The molecular formula is C13H17N3O2. The van der Waals surface area contributed by atoms with Crippen molar-refractivity contribution in [2.45, 2.75) is 38.8 Å². The second-order valence-electron chi connectivity index (χ2n) is 5.16. The van der Waals surface area contributed by atoms with E-state index in [-0.39, 0.29) is 6.04 Å². The lowest BCUT2D eigenvalue weighted by Gasteiger charge is -2.26. The lowest BCUT2D eigenvalue weighted by atomic mass is 10.1. The number of hydrazone groups is 1. The maximum atomic E-state index is 12.0. The predicted octanol–water partition coefficient (Wildman–Crippen LogP) is 2.75. The van der Waals surface area contributed by atoms with Gasteiger partial charge in [0.1, 0.15) is 5.60 Å².